The number of carbonyl (C=O) groups excluding carboxylic acids is 2. The van der Waals surface area contributed by atoms with Gasteiger partial charge < -0.3 is 13.2 Å². The Morgan fingerprint density at radius 3 is 1.56 bits per heavy atom. The lowest BCUT2D eigenvalue weighted by molar-refractivity contribution is -0.127. The van der Waals surface area contributed by atoms with Gasteiger partial charge in [-0.15, -0.1) is 6.58 Å². The lowest BCUT2D eigenvalue weighted by atomic mass is 10.7. The molecule has 0 radical (unpaired) electrons. The van der Waals surface area contributed by atoms with Crippen molar-refractivity contribution in [3.63, 3.8) is 0 Å². The molecule has 0 fully saturated rings. The molecule has 0 unspecified atom stereocenters. The van der Waals surface area contributed by atoms with E-state index in [0.717, 1.165) is 0 Å². The molecule has 104 valence electrons. The lowest BCUT2D eigenvalue weighted by Gasteiger charge is -2.44. The van der Waals surface area contributed by atoms with Gasteiger partial charge in [0.25, 0.3) is 0 Å². The van der Waals surface area contributed by atoms with Crippen LogP contribution in [0.3, 0.4) is 0 Å². The zero-order chi connectivity index (χ0) is 14.7. The van der Waals surface area contributed by atoms with Crippen molar-refractivity contribution in [1.82, 2.24) is 9.13 Å². The maximum absolute atomic E-state index is 11.7. The molecule has 7 heteroatoms. The molecule has 0 aliphatic rings. The molecule has 5 nitrogen and oxygen atoms in total. The van der Waals surface area contributed by atoms with Crippen molar-refractivity contribution in [2.24, 2.45) is 0 Å². The van der Waals surface area contributed by atoms with Crippen molar-refractivity contribution >= 4 is 28.8 Å². The van der Waals surface area contributed by atoms with Crippen molar-refractivity contribution in [2.75, 3.05) is 14.1 Å². The lowest BCUT2D eigenvalue weighted by Crippen LogP contribution is -2.69. The van der Waals surface area contributed by atoms with Gasteiger partial charge in [-0.05, 0) is 25.3 Å². The van der Waals surface area contributed by atoms with Gasteiger partial charge in [-0.1, -0.05) is 0 Å². The molecule has 2 amide bonds. The van der Waals surface area contributed by atoms with Gasteiger partial charge in [-0.3, -0.25) is 9.59 Å². The van der Waals surface area contributed by atoms with Crippen LogP contribution in [-0.2, 0) is 13.7 Å². The van der Waals surface area contributed by atoms with E-state index in [1.807, 2.05) is 19.6 Å². The number of rotatable bonds is 5. The van der Waals surface area contributed by atoms with Crippen LogP contribution in [0.1, 0.15) is 13.8 Å². The third kappa shape index (κ3) is 3.79. The Balaban J connectivity index is 5.68. The Bertz CT molecular complexity index is 333. The predicted octanol–water partition coefficient (Wildman–Crippen LogP) is 1.46. The summed E-state index contributed by atoms with van der Waals surface area (Å²) in [7, 11) is -1.55. The maximum Gasteiger partial charge on any atom is 0.439 e. The Labute approximate surface area is 112 Å². The Morgan fingerprint density at radius 2 is 1.39 bits per heavy atom. The maximum atomic E-state index is 11.7. The summed E-state index contributed by atoms with van der Waals surface area (Å²) in [6.07, 6.45) is 0. The Hall–Kier alpha value is -0.926. The van der Waals surface area contributed by atoms with Crippen LogP contribution in [0.25, 0.3) is 0 Å². The molecule has 0 rings (SSSR count). The summed E-state index contributed by atoms with van der Waals surface area (Å²) < 4.78 is 9.25. The van der Waals surface area contributed by atoms with Crippen molar-refractivity contribution in [3.05, 3.63) is 12.3 Å². The third-order valence-corrected chi connectivity index (χ3v) is 9.36. The first-order chi connectivity index (χ1) is 7.98. The summed E-state index contributed by atoms with van der Waals surface area (Å²) in [6.45, 7) is 12.8. The predicted molar refractivity (Wildman–Crippen MR) is 77.3 cm³/mol. The van der Waals surface area contributed by atoms with Crippen molar-refractivity contribution in [3.8, 4) is 0 Å². The van der Waals surface area contributed by atoms with Crippen LogP contribution in [0.5, 0.6) is 0 Å². The van der Waals surface area contributed by atoms with Gasteiger partial charge in [0.1, 0.15) is 0 Å². The first-order valence-electron chi connectivity index (χ1n) is 5.80. The molecule has 0 atom stereocenters. The van der Waals surface area contributed by atoms with E-state index in [4.69, 9.17) is 4.12 Å². The van der Waals surface area contributed by atoms with Gasteiger partial charge in [-0.25, -0.2) is 0 Å². The Morgan fingerprint density at radius 1 is 1.06 bits per heavy atom. The zero-order valence-electron chi connectivity index (χ0n) is 12.4. The minimum atomic E-state index is -2.94. The molecule has 0 aromatic carbocycles. The van der Waals surface area contributed by atoms with Crippen molar-refractivity contribution in [1.29, 1.82) is 0 Å². The molecule has 0 N–H and O–H groups in total. The average molecular weight is 288 g/mol. The van der Waals surface area contributed by atoms with Crippen LogP contribution in [0.15, 0.2) is 12.3 Å². The fraction of sp³-hybridized carbons (Fsp3) is 0.636. The summed E-state index contributed by atoms with van der Waals surface area (Å²) in [5, 5.41) is 0. The van der Waals surface area contributed by atoms with Gasteiger partial charge in [0.15, 0.2) is 8.32 Å². The average Bonchev–Trinajstić information content (AvgIpc) is 2.22. The molecule has 0 aromatic rings. The fourth-order valence-electron chi connectivity index (χ4n) is 1.58. The summed E-state index contributed by atoms with van der Waals surface area (Å²) in [4.78, 5) is 23.3. The van der Waals surface area contributed by atoms with E-state index in [2.05, 4.69) is 6.58 Å². The highest BCUT2D eigenvalue weighted by atomic mass is 28.4. The minimum Gasteiger partial charge on any atom is -0.422 e. The first kappa shape index (κ1) is 17.1. The van der Waals surface area contributed by atoms with Gasteiger partial charge in [0.05, 0.1) is 0 Å². The van der Waals surface area contributed by atoms with Crippen LogP contribution in [-0.4, -0.2) is 52.0 Å². The highest BCUT2D eigenvalue weighted by Gasteiger charge is 2.49. The summed E-state index contributed by atoms with van der Waals surface area (Å²) in [5.41, 5.74) is 1.63. The molecular weight excluding hydrogens is 264 g/mol. The van der Waals surface area contributed by atoms with Gasteiger partial charge in [0.2, 0.25) is 11.8 Å². The van der Waals surface area contributed by atoms with Crippen LogP contribution in [0, 0.1) is 0 Å². The molecule has 0 bridgehead atoms. The van der Waals surface area contributed by atoms with Crippen LogP contribution in [0.4, 0.5) is 0 Å². The second-order valence-electron chi connectivity index (χ2n) is 5.23. The van der Waals surface area contributed by atoms with E-state index in [1.165, 1.54) is 23.0 Å². The number of carbonyl (C=O) groups is 2. The highest BCUT2D eigenvalue weighted by molar-refractivity contribution is 6.87. The molecule has 0 spiro atoms. The molecular formula is C11H24N2O3Si2. The van der Waals surface area contributed by atoms with E-state index >= 15 is 0 Å². The summed E-state index contributed by atoms with van der Waals surface area (Å²) >= 11 is 0. The molecule has 0 aliphatic heterocycles. The van der Waals surface area contributed by atoms with Gasteiger partial charge in [0, 0.05) is 27.9 Å². The van der Waals surface area contributed by atoms with Crippen molar-refractivity contribution < 1.29 is 13.7 Å². The van der Waals surface area contributed by atoms with E-state index in [1.54, 1.807) is 19.8 Å². The topological polar surface area (TPSA) is 49.9 Å². The highest BCUT2D eigenvalue weighted by Crippen LogP contribution is 2.22. The molecule has 0 aromatic heterocycles. The van der Waals surface area contributed by atoms with E-state index in [9.17, 15) is 9.59 Å². The number of amides is 2. The van der Waals surface area contributed by atoms with E-state index in [-0.39, 0.29) is 11.8 Å². The second-order valence-corrected chi connectivity index (χ2v) is 13.3. The quantitative estimate of drug-likeness (QED) is 0.720. The Kier molecular flexibility index (Phi) is 5.51. The zero-order valence-corrected chi connectivity index (χ0v) is 14.4. The monoisotopic (exact) mass is 288 g/mol. The third-order valence-electron chi connectivity index (χ3n) is 2.63. The minimum absolute atomic E-state index is 0.132. The summed E-state index contributed by atoms with van der Waals surface area (Å²) in [5.74, 6) is -0.263. The normalized spacial score (nSPS) is 11.9. The standard InChI is InChI=1S/C11H24N2O3Si2/c1-9-18(12(4)10(2)14,13(5)11(3)15)16-17(6,7)8/h9H,1H2,2-8H3. The number of hydrogen-bond acceptors (Lipinski definition) is 3. The van der Waals surface area contributed by atoms with Crippen LogP contribution in [0.2, 0.25) is 19.6 Å². The van der Waals surface area contributed by atoms with E-state index < -0.39 is 17.0 Å². The smallest absolute Gasteiger partial charge is 0.422 e. The van der Waals surface area contributed by atoms with Gasteiger partial charge >= 0.3 is 8.64 Å². The molecule has 0 heterocycles. The van der Waals surface area contributed by atoms with E-state index in [0.29, 0.717) is 0 Å². The second kappa shape index (κ2) is 5.81. The van der Waals surface area contributed by atoms with Gasteiger partial charge in [-0.2, -0.15) is 0 Å². The fourth-order valence-corrected chi connectivity index (χ4v) is 8.51. The van der Waals surface area contributed by atoms with Crippen molar-refractivity contribution in [2.45, 2.75) is 33.5 Å². The SMILES string of the molecule is C=C[Si](O[Si](C)(C)C)(N(C)C(C)=O)N(C)C(C)=O. The molecule has 0 aliphatic carbocycles. The van der Waals surface area contributed by atoms with Crippen LogP contribution >= 0.6 is 0 Å². The first-order valence-corrected chi connectivity index (χ1v) is 11.1. The number of nitrogens with zero attached hydrogens (tertiary/aromatic N) is 2. The molecule has 18 heavy (non-hydrogen) atoms. The largest absolute Gasteiger partial charge is 0.439 e. The van der Waals surface area contributed by atoms with Crippen LogP contribution < -0.4 is 0 Å². The molecule has 0 saturated carbocycles. The summed E-state index contributed by atoms with van der Waals surface area (Å²) in [6, 6.07) is 0. The molecule has 0 saturated heterocycles. The number of hydrogen-bond donors (Lipinski definition) is 0.